The molecule has 3 aromatic carbocycles. The van der Waals surface area contributed by atoms with Gasteiger partial charge >= 0.3 is 6.18 Å². The number of pyridine rings is 1. The zero-order chi connectivity index (χ0) is 40.7. The molecule has 0 spiro atoms. The van der Waals surface area contributed by atoms with Crippen molar-refractivity contribution in [3.63, 3.8) is 0 Å². The fourth-order valence-corrected chi connectivity index (χ4v) is 9.45. The molecule has 17 heteroatoms. The van der Waals surface area contributed by atoms with Gasteiger partial charge in [-0.1, -0.05) is 53.1 Å². The van der Waals surface area contributed by atoms with Crippen LogP contribution in [0.2, 0.25) is 10.0 Å². The van der Waals surface area contributed by atoms with Crippen molar-refractivity contribution in [3.05, 3.63) is 123 Å². The van der Waals surface area contributed by atoms with Crippen molar-refractivity contribution in [2.24, 2.45) is 23.7 Å². The topological polar surface area (TPSA) is 132 Å². The summed E-state index contributed by atoms with van der Waals surface area (Å²) in [6.07, 6.45) is -3.17. The number of benzene rings is 3. The van der Waals surface area contributed by atoms with Gasteiger partial charge in [-0.05, 0) is 90.6 Å². The summed E-state index contributed by atoms with van der Waals surface area (Å²) in [6.45, 7) is 0. The molecule has 4 aromatic rings. The van der Waals surface area contributed by atoms with Crippen LogP contribution in [-0.2, 0) is 30.8 Å². The summed E-state index contributed by atoms with van der Waals surface area (Å²) in [5, 5.41) is 13.3. The second-order valence-corrected chi connectivity index (χ2v) is 15.2. The summed E-state index contributed by atoms with van der Waals surface area (Å²) >= 11 is 12.6. The summed E-state index contributed by atoms with van der Waals surface area (Å²) in [6, 6.07) is 17.7. The largest absolute Gasteiger partial charge is 0.504 e. The van der Waals surface area contributed by atoms with Gasteiger partial charge in [0.25, 0.3) is 23.6 Å². The molecule has 294 valence electrons. The predicted octanol–water partition coefficient (Wildman–Crippen LogP) is 7.30. The van der Waals surface area contributed by atoms with Gasteiger partial charge < -0.3 is 9.84 Å². The number of imide groups is 2. The number of allylic oxidation sites excluding steroid dienone is 2. The standard InChI is InChI=1S/C40H31Cl2F4N5O6/c1-49(34-28(42)14-16-31(47-34)40(44,45)46)51-35(53)25-13-12-24-26(32(25)37(51)55)18-27-36(54)50(48-23-10-8-22(43)9-11-23)38(56)39(27,20-4-6-21(41)7-5-20)33(24)19-3-15-29(52)30(17-19)57-2/h3-12,14-17,25-27,32-33,48,52H,13,18H2,1-2H3/t25-,26+,27-,32-,33-,39+/m0/s1. The maximum Gasteiger partial charge on any atom is 0.433 e. The molecule has 1 saturated carbocycles. The Morgan fingerprint density at radius 1 is 0.930 bits per heavy atom. The summed E-state index contributed by atoms with van der Waals surface area (Å²) in [5.41, 5.74) is 1.52. The third-order valence-corrected chi connectivity index (χ3v) is 12.0. The number of carbonyl (C=O) groups is 4. The first-order chi connectivity index (χ1) is 27.1. The van der Waals surface area contributed by atoms with E-state index >= 15 is 4.79 Å². The highest BCUT2D eigenvalue weighted by molar-refractivity contribution is 6.33. The van der Waals surface area contributed by atoms with E-state index in [0.29, 0.717) is 27.8 Å². The molecule has 4 aliphatic rings. The molecule has 0 radical (unpaired) electrons. The van der Waals surface area contributed by atoms with Crippen molar-refractivity contribution in [2.75, 3.05) is 24.6 Å². The Bertz CT molecular complexity index is 2380. The van der Waals surface area contributed by atoms with Gasteiger partial charge in [-0.25, -0.2) is 9.37 Å². The maximum atomic E-state index is 15.3. The van der Waals surface area contributed by atoms with Crippen molar-refractivity contribution < 1.29 is 46.6 Å². The molecule has 0 unspecified atom stereocenters. The zero-order valence-electron chi connectivity index (χ0n) is 29.9. The number of ether oxygens (including phenoxy) is 1. The smallest absolute Gasteiger partial charge is 0.433 e. The highest BCUT2D eigenvalue weighted by atomic mass is 35.5. The number of nitrogens with one attached hydrogen (secondary N) is 1. The molecule has 8 rings (SSSR count). The number of alkyl halides is 3. The minimum atomic E-state index is -4.85. The summed E-state index contributed by atoms with van der Waals surface area (Å²) in [7, 11) is 2.56. The molecular weight excluding hydrogens is 793 g/mol. The van der Waals surface area contributed by atoms with Gasteiger partial charge in [-0.3, -0.25) is 29.6 Å². The minimum absolute atomic E-state index is 0.00191. The van der Waals surface area contributed by atoms with Gasteiger partial charge in [-0.15, -0.1) is 0 Å². The fourth-order valence-electron chi connectivity index (χ4n) is 9.09. The molecule has 6 atom stereocenters. The van der Waals surface area contributed by atoms with Gasteiger partial charge in [-0.2, -0.15) is 23.2 Å². The van der Waals surface area contributed by atoms with Crippen molar-refractivity contribution in [1.82, 2.24) is 15.0 Å². The Hall–Kier alpha value is -5.67. The normalized spacial score (nSPS) is 25.5. The van der Waals surface area contributed by atoms with E-state index < -0.39 is 82.1 Å². The molecular formula is C40H31Cl2F4N5O6. The average molecular weight is 825 g/mol. The number of aromatic nitrogens is 1. The van der Waals surface area contributed by atoms with Crippen LogP contribution in [0.1, 0.15) is 35.6 Å². The second-order valence-electron chi connectivity index (χ2n) is 14.3. The lowest BCUT2D eigenvalue weighted by molar-refractivity contribution is -0.142. The number of methoxy groups -OCH3 is 1. The first kappa shape index (κ1) is 38.2. The van der Waals surface area contributed by atoms with E-state index in [-0.39, 0.29) is 35.1 Å². The average Bonchev–Trinajstić information content (AvgIpc) is 3.56. The van der Waals surface area contributed by atoms with Crippen LogP contribution in [0, 0.1) is 29.5 Å². The van der Waals surface area contributed by atoms with Gasteiger partial charge in [0.05, 0.1) is 41.0 Å². The van der Waals surface area contributed by atoms with E-state index in [1.54, 1.807) is 42.5 Å². The third kappa shape index (κ3) is 5.89. The Morgan fingerprint density at radius 3 is 2.30 bits per heavy atom. The Balaban J connectivity index is 1.29. The zero-order valence-corrected chi connectivity index (χ0v) is 31.4. The number of nitrogens with zero attached hydrogens (tertiary/aromatic N) is 4. The van der Waals surface area contributed by atoms with E-state index in [9.17, 15) is 37.1 Å². The number of rotatable bonds is 7. The van der Waals surface area contributed by atoms with Crippen molar-refractivity contribution in [3.8, 4) is 11.5 Å². The number of amides is 4. The SMILES string of the molecule is COc1cc([C@H]2C3=CC[C@@H]4C(=O)N(N(C)c5nc(C(F)(F)F)ccc5Cl)C(=O)[C@@H]4[C@@H]3C[C@H]3C(=O)N(Nc4ccc(F)cc4)C(=O)[C@@]23c2ccc(Cl)cc2)ccc1O. The van der Waals surface area contributed by atoms with Crippen molar-refractivity contribution in [2.45, 2.75) is 30.4 Å². The Kier molecular flexibility index (Phi) is 9.23. The monoisotopic (exact) mass is 823 g/mol. The lowest BCUT2D eigenvalue weighted by Gasteiger charge is -2.50. The van der Waals surface area contributed by atoms with Crippen LogP contribution in [-0.4, -0.2) is 57.9 Å². The number of anilines is 2. The number of hydrogen-bond acceptors (Lipinski definition) is 9. The lowest BCUT2D eigenvalue weighted by Crippen LogP contribution is -2.53. The number of aromatic hydroxyl groups is 1. The molecule has 0 bridgehead atoms. The summed E-state index contributed by atoms with van der Waals surface area (Å²) < 4.78 is 60.4. The van der Waals surface area contributed by atoms with E-state index in [1.165, 1.54) is 32.4 Å². The number of phenolic OH excluding ortho intramolecular Hbond substituents is 1. The van der Waals surface area contributed by atoms with Gasteiger partial charge in [0.15, 0.2) is 17.3 Å². The number of halogens is 6. The highest BCUT2D eigenvalue weighted by Crippen LogP contribution is 2.64. The first-order valence-corrected chi connectivity index (χ1v) is 18.4. The molecule has 57 heavy (non-hydrogen) atoms. The molecule has 2 aliphatic heterocycles. The maximum absolute atomic E-state index is 15.3. The number of hydrazine groups is 2. The van der Waals surface area contributed by atoms with Crippen LogP contribution in [0.3, 0.4) is 0 Å². The molecule has 3 heterocycles. The van der Waals surface area contributed by atoms with E-state index in [4.69, 9.17) is 27.9 Å². The van der Waals surface area contributed by atoms with Crippen molar-refractivity contribution in [1.29, 1.82) is 0 Å². The molecule has 4 amide bonds. The van der Waals surface area contributed by atoms with Crippen LogP contribution in [0.25, 0.3) is 0 Å². The molecule has 1 aromatic heterocycles. The van der Waals surface area contributed by atoms with Crippen LogP contribution >= 0.6 is 23.2 Å². The van der Waals surface area contributed by atoms with Gasteiger partial charge in [0, 0.05) is 18.0 Å². The number of carbonyl (C=O) groups excluding carboxylic acids is 4. The predicted molar refractivity (Wildman–Crippen MR) is 198 cm³/mol. The molecule has 2 N–H and O–H groups in total. The molecule has 3 fully saturated rings. The highest BCUT2D eigenvalue weighted by Gasteiger charge is 2.70. The van der Waals surface area contributed by atoms with Crippen LogP contribution in [0.15, 0.2) is 90.5 Å². The van der Waals surface area contributed by atoms with Gasteiger partial charge in [0.2, 0.25) is 0 Å². The molecule has 2 aliphatic carbocycles. The van der Waals surface area contributed by atoms with Crippen LogP contribution in [0.5, 0.6) is 11.5 Å². The summed E-state index contributed by atoms with van der Waals surface area (Å²) in [5.74, 6) is -9.08. The minimum Gasteiger partial charge on any atom is -0.504 e. The lowest BCUT2D eigenvalue weighted by atomic mass is 9.49. The first-order valence-electron chi connectivity index (χ1n) is 17.7. The van der Waals surface area contributed by atoms with Crippen LogP contribution in [0.4, 0.5) is 29.1 Å². The second kappa shape index (κ2) is 13.8. The Morgan fingerprint density at radius 2 is 1.63 bits per heavy atom. The summed E-state index contributed by atoms with van der Waals surface area (Å²) in [4.78, 5) is 62.5. The number of phenols is 1. The number of hydrogen-bond donors (Lipinski definition) is 2. The molecule has 2 saturated heterocycles. The van der Waals surface area contributed by atoms with Crippen molar-refractivity contribution >= 4 is 58.3 Å². The van der Waals surface area contributed by atoms with Crippen LogP contribution < -0.4 is 15.2 Å². The van der Waals surface area contributed by atoms with E-state index in [1.807, 2.05) is 0 Å². The molecule has 11 nitrogen and oxygen atoms in total. The fraction of sp³-hybridized carbons (Fsp3) is 0.275. The quantitative estimate of drug-likeness (QED) is 0.112. The number of fused-ring (bicyclic) bond motifs is 4. The van der Waals surface area contributed by atoms with E-state index in [0.717, 1.165) is 33.2 Å². The van der Waals surface area contributed by atoms with E-state index in [2.05, 4.69) is 10.4 Å². The van der Waals surface area contributed by atoms with Gasteiger partial charge in [0.1, 0.15) is 11.5 Å². The Labute approximate surface area is 332 Å². The third-order valence-electron chi connectivity index (χ3n) is 11.5.